The molecule has 9 nitrogen and oxygen atoms in total. The molecule has 2 aliphatic rings. The fraction of sp³-hybridized carbons (Fsp3) is 0.565. The van der Waals surface area contributed by atoms with Crippen LogP contribution in [0.2, 0.25) is 0 Å². The van der Waals surface area contributed by atoms with Crippen LogP contribution in [0.15, 0.2) is 28.8 Å². The third-order valence-corrected chi connectivity index (χ3v) is 5.96. The van der Waals surface area contributed by atoms with E-state index in [0.717, 1.165) is 11.3 Å². The number of carbonyl (C=O) groups is 2. The van der Waals surface area contributed by atoms with Crippen molar-refractivity contribution in [2.24, 2.45) is 5.92 Å². The zero-order chi connectivity index (χ0) is 22.3. The van der Waals surface area contributed by atoms with Crippen LogP contribution in [0, 0.1) is 5.92 Å². The summed E-state index contributed by atoms with van der Waals surface area (Å²) < 4.78 is 16.1. The Kier molecular flexibility index (Phi) is 7.36. The first-order chi connectivity index (χ1) is 15.6. The van der Waals surface area contributed by atoms with E-state index in [-0.39, 0.29) is 17.7 Å². The number of morpholine rings is 1. The Bertz CT molecular complexity index is 899. The summed E-state index contributed by atoms with van der Waals surface area (Å²) in [5, 5.41) is 4.02. The van der Waals surface area contributed by atoms with Gasteiger partial charge in [-0.3, -0.25) is 9.59 Å². The van der Waals surface area contributed by atoms with E-state index in [9.17, 15) is 9.59 Å². The molecule has 2 aliphatic heterocycles. The summed E-state index contributed by atoms with van der Waals surface area (Å²) >= 11 is 0. The molecule has 172 valence electrons. The Morgan fingerprint density at radius 3 is 2.47 bits per heavy atom. The van der Waals surface area contributed by atoms with Gasteiger partial charge in [-0.05, 0) is 44.0 Å². The molecule has 1 aromatic heterocycles. The molecule has 0 unspecified atom stereocenters. The summed E-state index contributed by atoms with van der Waals surface area (Å²) in [5.41, 5.74) is 0.835. The number of hydrogen-bond donors (Lipinski definition) is 0. The van der Waals surface area contributed by atoms with Gasteiger partial charge >= 0.3 is 0 Å². The number of aromatic nitrogens is 2. The van der Waals surface area contributed by atoms with E-state index in [0.29, 0.717) is 83.4 Å². The number of piperidine rings is 1. The first-order valence-electron chi connectivity index (χ1n) is 11.3. The number of ether oxygens (including phenoxy) is 2. The van der Waals surface area contributed by atoms with Crippen LogP contribution in [-0.2, 0) is 20.7 Å². The van der Waals surface area contributed by atoms with Crippen LogP contribution < -0.4 is 4.74 Å². The van der Waals surface area contributed by atoms with Crippen molar-refractivity contribution in [3.63, 3.8) is 0 Å². The normalized spacial score (nSPS) is 17.4. The van der Waals surface area contributed by atoms with E-state index in [2.05, 4.69) is 10.1 Å². The van der Waals surface area contributed by atoms with Crippen molar-refractivity contribution < 1.29 is 23.6 Å². The number of nitrogens with zero attached hydrogens (tertiary/aromatic N) is 4. The summed E-state index contributed by atoms with van der Waals surface area (Å²) in [5.74, 6) is 2.00. The molecule has 2 aromatic rings. The second-order valence-corrected chi connectivity index (χ2v) is 8.06. The van der Waals surface area contributed by atoms with Crippen molar-refractivity contribution in [3.05, 3.63) is 30.2 Å². The van der Waals surface area contributed by atoms with Crippen LogP contribution in [0.5, 0.6) is 5.75 Å². The average Bonchev–Trinajstić information content (AvgIpc) is 3.32. The highest BCUT2D eigenvalue weighted by atomic mass is 16.5. The van der Waals surface area contributed by atoms with Gasteiger partial charge in [-0.25, -0.2) is 0 Å². The SMILES string of the molecule is CCOc1ccc(-c2noc(CCC(=O)N3CCC(C(=O)N4CCOCC4)CC3)n2)cc1. The highest BCUT2D eigenvalue weighted by molar-refractivity contribution is 5.80. The first-order valence-corrected chi connectivity index (χ1v) is 11.3. The van der Waals surface area contributed by atoms with Crippen LogP contribution in [0.1, 0.15) is 32.1 Å². The number of hydrogen-bond acceptors (Lipinski definition) is 7. The molecule has 0 bridgehead atoms. The Morgan fingerprint density at radius 1 is 1.06 bits per heavy atom. The number of rotatable bonds is 7. The number of carbonyl (C=O) groups excluding carboxylic acids is 2. The first kappa shape index (κ1) is 22.3. The second kappa shape index (κ2) is 10.6. The lowest BCUT2D eigenvalue weighted by Gasteiger charge is -2.35. The van der Waals surface area contributed by atoms with Gasteiger partial charge in [0.1, 0.15) is 5.75 Å². The number of likely N-dealkylation sites (tertiary alicyclic amines) is 1. The molecule has 0 N–H and O–H groups in total. The van der Waals surface area contributed by atoms with Gasteiger partial charge in [0.2, 0.25) is 23.5 Å². The summed E-state index contributed by atoms with van der Waals surface area (Å²) in [7, 11) is 0. The molecule has 9 heteroatoms. The van der Waals surface area contributed by atoms with Crippen LogP contribution in [0.3, 0.4) is 0 Å². The van der Waals surface area contributed by atoms with E-state index in [1.54, 1.807) is 0 Å². The van der Waals surface area contributed by atoms with Gasteiger partial charge in [-0.2, -0.15) is 4.98 Å². The predicted molar refractivity (Wildman–Crippen MR) is 116 cm³/mol. The Labute approximate surface area is 187 Å². The molecule has 0 spiro atoms. The fourth-order valence-electron chi connectivity index (χ4n) is 4.13. The summed E-state index contributed by atoms with van der Waals surface area (Å²) in [6.07, 6.45) is 2.14. The molecule has 4 rings (SSSR count). The zero-order valence-corrected chi connectivity index (χ0v) is 18.5. The van der Waals surface area contributed by atoms with Crippen molar-refractivity contribution in [1.29, 1.82) is 0 Å². The van der Waals surface area contributed by atoms with Crippen molar-refractivity contribution in [2.45, 2.75) is 32.6 Å². The smallest absolute Gasteiger partial charge is 0.227 e. The maximum absolute atomic E-state index is 12.6. The maximum Gasteiger partial charge on any atom is 0.227 e. The van der Waals surface area contributed by atoms with Gasteiger partial charge in [-0.1, -0.05) is 5.16 Å². The lowest BCUT2D eigenvalue weighted by molar-refractivity contribution is -0.143. The molecule has 0 saturated carbocycles. The van der Waals surface area contributed by atoms with Crippen LogP contribution in [0.4, 0.5) is 0 Å². The molecular formula is C23H30N4O5. The average molecular weight is 443 g/mol. The second-order valence-electron chi connectivity index (χ2n) is 8.06. The molecule has 0 radical (unpaired) electrons. The minimum absolute atomic E-state index is 0.00441. The number of benzene rings is 1. The Balaban J connectivity index is 1.23. The van der Waals surface area contributed by atoms with Gasteiger partial charge in [-0.15, -0.1) is 0 Å². The molecule has 1 aromatic carbocycles. The minimum atomic E-state index is 0.00441. The van der Waals surface area contributed by atoms with Crippen molar-refractivity contribution in [1.82, 2.24) is 19.9 Å². The van der Waals surface area contributed by atoms with E-state index >= 15 is 0 Å². The van der Waals surface area contributed by atoms with Crippen LogP contribution >= 0.6 is 0 Å². The van der Waals surface area contributed by atoms with E-state index in [1.165, 1.54) is 0 Å². The third-order valence-electron chi connectivity index (χ3n) is 5.96. The van der Waals surface area contributed by atoms with Crippen molar-refractivity contribution in [2.75, 3.05) is 46.0 Å². The topological polar surface area (TPSA) is 98.0 Å². The standard InChI is InChI=1S/C23H30N4O5/c1-2-31-19-5-3-17(4-6-19)22-24-20(32-25-22)7-8-21(28)26-11-9-18(10-12-26)23(29)27-13-15-30-16-14-27/h3-6,18H,2,7-16H2,1H3. The maximum atomic E-state index is 12.6. The Hall–Kier alpha value is -2.94. The summed E-state index contributed by atoms with van der Waals surface area (Å²) in [6.45, 7) is 6.33. The van der Waals surface area contributed by atoms with Crippen molar-refractivity contribution in [3.8, 4) is 17.1 Å². The fourth-order valence-corrected chi connectivity index (χ4v) is 4.13. The Morgan fingerprint density at radius 2 is 1.78 bits per heavy atom. The molecule has 3 heterocycles. The molecule has 32 heavy (non-hydrogen) atoms. The van der Waals surface area contributed by atoms with Gasteiger partial charge in [0.25, 0.3) is 0 Å². The van der Waals surface area contributed by atoms with Crippen molar-refractivity contribution >= 4 is 11.8 Å². The van der Waals surface area contributed by atoms with E-state index in [4.69, 9.17) is 14.0 Å². The zero-order valence-electron chi connectivity index (χ0n) is 18.5. The molecule has 2 saturated heterocycles. The molecule has 0 aliphatic carbocycles. The molecule has 2 amide bonds. The monoisotopic (exact) mass is 442 g/mol. The summed E-state index contributed by atoms with van der Waals surface area (Å²) in [6, 6.07) is 7.50. The predicted octanol–water partition coefficient (Wildman–Crippen LogP) is 2.17. The number of aryl methyl sites for hydroxylation is 1. The highest BCUT2D eigenvalue weighted by Crippen LogP contribution is 2.22. The lowest BCUT2D eigenvalue weighted by Crippen LogP contribution is -2.47. The van der Waals surface area contributed by atoms with Gasteiger partial charge in [0.15, 0.2) is 0 Å². The van der Waals surface area contributed by atoms with E-state index in [1.807, 2.05) is 41.0 Å². The quantitative estimate of drug-likeness (QED) is 0.648. The molecule has 2 fully saturated rings. The largest absolute Gasteiger partial charge is 0.494 e. The minimum Gasteiger partial charge on any atom is -0.494 e. The van der Waals surface area contributed by atoms with Crippen LogP contribution in [0.25, 0.3) is 11.4 Å². The summed E-state index contributed by atoms with van der Waals surface area (Å²) in [4.78, 5) is 33.4. The van der Waals surface area contributed by atoms with E-state index < -0.39 is 0 Å². The molecular weight excluding hydrogens is 412 g/mol. The van der Waals surface area contributed by atoms with Crippen LogP contribution in [-0.4, -0.2) is 77.8 Å². The number of amides is 2. The van der Waals surface area contributed by atoms with Gasteiger partial charge in [0.05, 0.1) is 19.8 Å². The third kappa shape index (κ3) is 5.45. The highest BCUT2D eigenvalue weighted by Gasteiger charge is 2.30. The van der Waals surface area contributed by atoms with Gasteiger partial charge in [0, 0.05) is 50.5 Å². The molecule has 0 atom stereocenters. The lowest BCUT2D eigenvalue weighted by atomic mass is 9.95. The van der Waals surface area contributed by atoms with Gasteiger partial charge < -0.3 is 23.8 Å².